The molecule has 2 aromatic rings. The Morgan fingerprint density at radius 2 is 1.58 bits per heavy atom. The summed E-state index contributed by atoms with van der Waals surface area (Å²) in [6.07, 6.45) is 10.8. The summed E-state index contributed by atoms with van der Waals surface area (Å²) in [5, 5.41) is 0. The molecule has 0 radical (unpaired) electrons. The highest BCUT2D eigenvalue weighted by molar-refractivity contribution is 5.74. The Hall–Kier alpha value is -1.31. The third-order valence-corrected chi connectivity index (χ3v) is 4.67. The van der Waals surface area contributed by atoms with E-state index in [2.05, 4.69) is 36.2 Å². The molecule has 1 aromatic carbocycles. The third-order valence-electron chi connectivity index (χ3n) is 4.67. The molecule has 1 N–H and O–H groups in total. The van der Waals surface area contributed by atoms with E-state index in [1.165, 1.54) is 62.7 Å². The Morgan fingerprint density at radius 3 is 2.26 bits per heavy atom. The lowest BCUT2D eigenvalue weighted by atomic mass is 9.80. The van der Waals surface area contributed by atoms with E-state index >= 15 is 0 Å². The minimum atomic E-state index is 0.239. The topological polar surface area (TPSA) is 28.7 Å². The molecule has 1 aliphatic carbocycles. The molecule has 1 aromatic heterocycles. The van der Waals surface area contributed by atoms with E-state index in [0.29, 0.717) is 0 Å². The Balaban J connectivity index is 1.91. The number of hydrogen-bond donors (Lipinski definition) is 1. The average Bonchev–Trinajstić information content (AvgIpc) is 2.88. The molecule has 2 heteroatoms. The molecule has 0 bridgehead atoms. The van der Waals surface area contributed by atoms with Crippen molar-refractivity contribution in [1.82, 2.24) is 9.97 Å². The molecule has 102 valence electrons. The van der Waals surface area contributed by atoms with Gasteiger partial charge in [-0.15, -0.1) is 0 Å². The summed E-state index contributed by atoms with van der Waals surface area (Å²) in [7, 11) is 0. The van der Waals surface area contributed by atoms with Crippen LogP contribution in [0.5, 0.6) is 0 Å². The van der Waals surface area contributed by atoms with Gasteiger partial charge in [0.1, 0.15) is 5.82 Å². The molecule has 1 heterocycles. The lowest BCUT2D eigenvalue weighted by Gasteiger charge is -2.27. The molecule has 1 saturated carbocycles. The normalized spacial score (nSPS) is 20.7. The standard InChI is InChI=1S/C17H24N2/c1-17(12-8-4-2-3-5-9-13-17)16-18-14-10-6-7-11-15(14)19-16/h6-7,10-11H,2-5,8-9,12-13H2,1H3,(H,18,19). The van der Waals surface area contributed by atoms with Gasteiger partial charge in [0.2, 0.25) is 0 Å². The fourth-order valence-corrected chi connectivity index (χ4v) is 3.34. The average molecular weight is 256 g/mol. The molecule has 0 spiro atoms. The fraction of sp³-hybridized carbons (Fsp3) is 0.588. The zero-order valence-electron chi connectivity index (χ0n) is 11.9. The number of imidazole rings is 1. The highest BCUT2D eigenvalue weighted by Crippen LogP contribution is 2.35. The second-order valence-corrected chi connectivity index (χ2v) is 6.28. The molecule has 1 aliphatic rings. The summed E-state index contributed by atoms with van der Waals surface area (Å²) in [4.78, 5) is 8.42. The van der Waals surface area contributed by atoms with Gasteiger partial charge in [0, 0.05) is 5.41 Å². The zero-order valence-corrected chi connectivity index (χ0v) is 11.9. The number of nitrogens with zero attached hydrogens (tertiary/aromatic N) is 1. The molecular weight excluding hydrogens is 232 g/mol. The van der Waals surface area contributed by atoms with Gasteiger partial charge in [0.05, 0.1) is 11.0 Å². The van der Waals surface area contributed by atoms with Crippen molar-refractivity contribution in [3.8, 4) is 0 Å². The van der Waals surface area contributed by atoms with Crippen LogP contribution >= 0.6 is 0 Å². The predicted molar refractivity (Wildman–Crippen MR) is 80.4 cm³/mol. The Kier molecular flexibility index (Phi) is 3.58. The van der Waals surface area contributed by atoms with Crippen LogP contribution in [-0.2, 0) is 5.41 Å². The van der Waals surface area contributed by atoms with Crippen LogP contribution in [0.1, 0.15) is 64.1 Å². The SMILES string of the molecule is CC1(c2nc3ccccc3[nH]2)CCCCCCCC1. The summed E-state index contributed by atoms with van der Waals surface area (Å²) in [5.41, 5.74) is 2.53. The summed E-state index contributed by atoms with van der Waals surface area (Å²) in [6.45, 7) is 2.40. The summed E-state index contributed by atoms with van der Waals surface area (Å²) in [5.74, 6) is 1.20. The largest absolute Gasteiger partial charge is 0.342 e. The van der Waals surface area contributed by atoms with Gasteiger partial charge in [0.25, 0.3) is 0 Å². The summed E-state index contributed by atoms with van der Waals surface area (Å²) < 4.78 is 0. The van der Waals surface area contributed by atoms with Gasteiger partial charge >= 0.3 is 0 Å². The van der Waals surface area contributed by atoms with Gasteiger partial charge in [-0.25, -0.2) is 4.98 Å². The highest BCUT2D eigenvalue weighted by atomic mass is 14.9. The molecule has 0 saturated heterocycles. The van der Waals surface area contributed by atoms with Crippen molar-refractivity contribution in [1.29, 1.82) is 0 Å². The van der Waals surface area contributed by atoms with Crippen LogP contribution in [0.3, 0.4) is 0 Å². The van der Waals surface area contributed by atoms with E-state index in [-0.39, 0.29) is 5.41 Å². The van der Waals surface area contributed by atoms with Crippen molar-refractivity contribution >= 4 is 11.0 Å². The van der Waals surface area contributed by atoms with Gasteiger partial charge in [-0.2, -0.15) is 0 Å². The van der Waals surface area contributed by atoms with Crippen LogP contribution in [0.4, 0.5) is 0 Å². The van der Waals surface area contributed by atoms with Crippen LogP contribution in [0, 0.1) is 0 Å². The number of H-pyrrole nitrogens is 1. The summed E-state index contributed by atoms with van der Waals surface area (Å²) in [6, 6.07) is 8.38. The van der Waals surface area contributed by atoms with Gasteiger partial charge in [0.15, 0.2) is 0 Å². The van der Waals surface area contributed by atoms with Crippen LogP contribution in [0.25, 0.3) is 11.0 Å². The van der Waals surface area contributed by atoms with Crippen molar-refractivity contribution in [3.05, 3.63) is 30.1 Å². The quantitative estimate of drug-likeness (QED) is 0.768. The molecule has 0 amide bonds. The highest BCUT2D eigenvalue weighted by Gasteiger charge is 2.29. The van der Waals surface area contributed by atoms with E-state index < -0.39 is 0 Å². The van der Waals surface area contributed by atoms with Crippen molar-refractivity contribution in [2.75, 3.05) is 0 Å². The molecule has 19 heavy (non-hydrogen) atoms. The molecule has 0 aliphatic heterocycles. The lowest BCUT2D eigenvalue weighted by Crippen LogP contribution is -2.23. The van der Waals surface area contributed by atoms with Crippen molar-refractivity contribution in [2.45, 2.75) is 63.7 Å². The van der Waals surface area contributed by atoms with E-state index in [4.69, 9.17) is 4.98 Å². The molecule has 1 fully saturated rings. The zero-order chi connectivity index (χ0) is 13.1. The maximum Gasteiger partial charge on any atom is 0.113 e. The first-order valence-electron chi connectivity index (χ1n) is 7.73. The first-order valence-corrected chi connectivity index (χ1v) is 7.73. The molecule has 3 rings (SSSR count). The fourth-order valence-electron chi connectivity index (χ4n) is 3.34. The van der Waals surface area contributed by atoms with Gasteiger partial charge in [-0.1, -0.05) is 57.6 Å². The minimum Gasteiger partial charge on any atom is -0.342 e. The Labute approximate surface area is 115 Å². The second-order valence-electron chi connectivity index (χ2n) is 6.28. The van der Waals surface area contributed by atoms with Crippen LogP contribution in [0.2, 0.25) is 0 Å². The molecule has 2 nitrogen and oxygen atoms in total. The van der Waals surface area contributed by atoms with E-state index in [1.807, 2.05) is 0 Å². The van der Waals surface area contributed by atoms with Gasteiger partial charge in [-0.05, 0) is 25.0 Å². The predicted octanol–water partition coefficient (Wildman–Crippen LogP) is 4.96. The Morgan fingerprint density at radius 1 is 0.947 bits per heavy atom. The van der Waals surface area contributed by atoms with Crippen LogP contribution in [0.15, 0.2) is 24.3 Å². The monoisotopic (exact) mass is 256 g/mol. The maximum atomic E-state index is 4.86. The number of hydrogen-bond acceptors (Lipinski definition) is 1. The molecular formula is C17H24N2. The number of benzene rings is 1. The van der Waals surface area contributed by atoms with E-state index in [0.717, 1.165) is 5.52 Å². The number of nitrogens with one attached hydrogen (secondary N) is 1. The first kappa shape index (κ1) is 12.7. The van der Waals surface area contributed by atoms with E-state index in [9.17, 15) is 0 Å². The maximum absolute atomic E-state index is 4.86. The number of rotatable bonds is 1. The number of aromatic nitrogens is 2. The van der Waals surface area contributed by atoms with Crippen molar-refractivity contribution < 1.29 is 0 Å². The van der Waals surface area contributed by atoms with Crippen LogP contribution < -0.4 is 0 Å². The second kappa shape index (κ2) is 5.36. The van der Waals surface area contributed by atoms with Gasteiger partial charge < -0.3 is 4.98 Å². The third kappa shape index (κ3) is 2.68. The first-order chi connectivity index (χ1) is 9.28. The van der Waals surface area contributed by atoms with Crippen molar-refractivity contribution in [3.63, 3.8) is 0 Å². The number of fused-ring (bicyclic) bond motifs is 1. The Bertz CT molecular complexity index is 498. The minimum absolute atomic E-state index is 0.239. The van der Waals surface area contributed by atoms with Crippen molar-refractivity contribution in [2.24, 2.45) is 0 Å². The number of aromatic amines is 1. The summed E-state index contributed by atoms with van der Waals surface area (Å²) >= 11 is 0. The van der Waals surface area contributed by atoms with Gasteiger partial charge in [-0.3, -0.25) is 0 Å². The van der Waals surface area contributed by atoms with Crippen LogP contribution in [-0.4, -0.2) is 9.97 Å². The smallest absolute Gasteiger partial charge is 0.113 e. The molecule has 0 unspecified atom stereocenters. The number of para-hydroxylation sites is 2. The molecule has 0 atom stereocenters. The lowest BCUT2D eigenvalue weighted by molar-refractivity contribution is 0.364. The van der Waals surface area contributed by atoms with E-state index in [1.54, 1.807) is 0 Å².